The molecule has 2 aromatic carbocycles. The molecule has 0 saturated heterocycles. The molecule has 4 saturated carbocycles. The van der Waals surface area contributed by atoms with E-state index in [0.717, 1.165) is 43.6 Å². The van der Waals surface area contributed by atoms with Crippen molar-refractivity contribution in [2.45, 2.75) is 107 Å². The van der Waals surface area contributed by atoms with Crippen LogP contribution in [0.1, 0.15) is 91.0 Å². The van der Waals surface area contributed by atoms with Crippen molar-refractivity contribution in [2.75, 3.05) is 0 Å². The molecule has 1 heterocycles. The van der Waals surface area contributed by atoms with Gasteiger partial charge in [0, 0.05) is 29.0 Å². The Hall–Kier alpha value is -2.90. The predicted molar refractivity (Wildman–Crippen MR) is 159 cm³/mol. The Bertz CT molecular complexity index is 1310. The highest BCUT2D eigenvalue weighted by Gasteiger charge is 2.70. The summed E-state index contributed by atoms with van der Waals surface area (Å²) in [6.45, 7) is 12.6. The van der Waals surface area contributed by atoms with E-state index < -0.39 is 13.9 Å². The maximum absolute atomic E-state index is 12.3. The lowest BCUT2D eigenvalue weighted by Crippen LogP contribution is -2.77. The Labute approximate surface area is 239 Å². The molecule has 7 rings (SSSR count). The molecule has 3 aromatic rings. The highest BCUT2D eigenvalue weighted by molar-refractivity contribution is 6.99. The normalized spacial score (nSPS) is 27.6. The molecule has 4 fully saturated rings. The maximum Gasteiger partial charge on any atom is 0.408 e. The first kappa shape index (κ1) is 27.3. The van der Waals surface area contributed by atoms with Crippen molar-refractivity contribution in [2.24, 2.45) is 0 Å². The molecule has 4 aliphatic carbocycles. The molecular formula is C33H42N2O4Si. The van der Waals surface area contributed by atoms with Crippen LogP contribution in [0.2, 0.25) is 5.04 Å². The molecule has 2 bridgehead atoms. The minimum atomic E-state index is -2.56. The van der Waals surface area contributed by atoms with Gasteiger partial charge in [0.25, 0.3) is 8.32 Å². The zero-order valence-corrected chi connectivity index (χ0v) is 25.6. The summed E-state index contributed by atoms with van der Waals surface area (Å²) in [6, 6.07) is 23.8. The Morgan fingerprint density at radius 2 is 1.48 bits per heavy atom. The number of aromatic nitrogens is 1. The monoisotopic (exact) mass is 558 g/mol. The fourth-order valence-electron chi connectivity index (χ4n) is 7.28. The number of hydrogen-bond acceptors (Lipinski definition) is 5. The molecule has 212 valence electrons. The fraction of sp³-hybridized carbons (Fsp3) is 0.515. The van der Waals surface area contributed by atoms with Crippen molar-refractivity contribution in [3.05, 3.63) is 78.2 Å². The van der Waals surface area contributed by atoms with E-state index in [1.807, 2.05) is 20.8 Å². The molecule has 0 aliphatic heterocycles. The van der Waals surface area contributed by atoms with Gasteiger partial charge in [-0.3, -0.25) is 0 Å². The van der Waals surface area contributed by atoms with E-state index >= 15 is 0 Å². The van der Waals surface area contributed by atoms with Crippen LogP contribution in [-0.4, -0.2) is 36.8 Å². The van der Waals surface area contributed by atoms with Gasteiger partial charge in [-0.25, -0.2) is 4.79 Å². The average Bonchev–Trinajstić information content (AvgIpc) is 3.28. The van der Waals surface area contributed by atoms with Gasteiger partial charge in [0.05, 0.1) is 5.69 Å². The van der Waals surface area contributed by atoms with E-state index in [2.05, 4.69) is 98.0 Å². The molecule has 40 heavy (non-hydrogen) atoms. The van der Waals surface area contributed by atoms with Crippen LogP contribution < -0.4 is 15.7 Å². The van der Waals surface area contributed by atoms with Crippen molar-refractivity contribution in [1.29, 1.82) is 0 Å². The van der Waals surface area contributed by atoms with Gasteiger partial charge in [-0.15, -0.1) is 0 Å². The summed E-state index contributed by atoms with van der Waals surface area (Å²) in [5.74, 6) is 1.29. The van der Waals surface area contributed by atoms with Crippen LogP contribution in [0.25, 0.3) is 0 Å². The van der Waals surface area contributed by atoms with Crippen LogP contribution in [0.3, 0.4) is 0 Å². The minimum Gasteiger partial charge on any atom is -0.444 e. The summed E-state index contributed by atoms with van der Waals surface area (Å²) in [6.07, 6.45) is 4.43. The number of carbonyl (C=O) groups excluding carboxylic acids is 1. The molecule has 6 nitrogen and oxygen atoms in total. The first-order valence-electron chi connectivity index (χ1n) is 14.6. The van der Waals surface area contributed by atoms with E-state index in [9.17, 15) is 4.79 Å². The van der Waals surface area contributed by atoms with Gasteiger partial charge in [0.1, 0.15) is 11.4 Å². The van der Waals surface area contributed by atoms with Gasteiger partial charge in [-0.2, -0.15) is 0 Å². The van der Waals surface area contributed by atoms with Crippen LogP contribution in [0, 0.1) is 0 Å². The van der Waals surface area contributed by atoms with Gasteiger partial charge < -0.3 is 19.0 Å². The lowest BCUT2D eigenvalue weighted by Gasteiger charge is -2.69. The molecule has 4 aliphatic rings. The second kappa shape index (κ2) is 9.31. The predicted octanol–water partition coefficient (Wildman–Crippen LogP) is 6.20. The first-order valence-corrected chi connectivity index (χ1v) is 16.5. The molecule has 0 spiro atoms. The zero-order valence-electron chi connectivity index (χ0n) is 24.6. The fourth-order valence-corrected chi connectivity index (χ4v) is 12.0. The number of ether oxygens (including phenoxy) is 1. The summed E-state index contributed by atoms with van der Waals surface area (Å²) < 4.78 is 18.6. The van der Waals surface area contributed by atoms with Gasteiger partial charge in [-0.1, -0.05) is 86.6 Å². The van der Waals surface area contributed by atoms with Crippen molar-refractivity contribution >= 4 is 24.8 Å². The number of amides is 1. The SMILES string of the molecule is CC(C)(C)OC(=O)NC12CC(c3cc(C4CC(O[Si](c5ccccc5)(c5ccccc5)C(C)(C)C)C4)on3)(C1)C2. The second-order valence-electron chi connectivity index (χ2n) is 14.4. The van der Waals surface area contributed by atoms with Crippen molar-refractivity contribution in [3.63, 3.8) is 0 Å². The van der Waals surface area contributed by atoms with E-state index in [-0.39, 0.29) is 28.2 Å². The molecule has 1 amide bonds. The smallest absolute Gasteiger partial charge is 0.408 e. The quantitative estimate of drug-likeness (QED) is 0.350. The van der Waals surface area contributed by atoms with Crippen LogP contribution in [-0.2, 0) is 14.6 Å². The van der Waals surface area contributed by atoms with Crippen molar-refractivity contribution in [3.8, 4) is 0 Å². The van der Waals surface area contributed by atoms with E-state index in [0.29, 0.717) is 5.92 Å². The maximum atomic E-state index is 12.3. The second-order valence-corrected chi connectivity index (χ2v) is 18.7. The Balaban J connectivity index is 1.12. The summed E-state index contributed by atoms with van der Waals surface area (Å²) in [7, 11) is -2.56. The third-order valence-electron chi connectivity index (χ3n) is 9.13. The van der Waals surface area contributed by atoms with Crippen LogP contribution in [0.5, 0.6) is 0 Å². The molecular weight excluding hydrogens is 516 g/mol. The van der Waals surface area contributed by atoms with Crippen LogP contribution in [0.15, 0.2) is 71.3 Å². The topological polar surface area (TPSA) is 73.6 Å². The zero-order chi connectivity index (χ0) is 28.4. The standard InChI is InChI=1S/C33H42N2O4Si/c1-30(2,3)37-29(36)34-33-20-32(21-33,22-33)28-19-27(38-35-28)23-17-24(18-23)39-40(31(4,5)6,25-13-9-7-10-14-25)26-15-11-8-12-16-26/h7-16,19,23-24H,17-18,20-22H2,1-6H3,(H,34,36). The summed E-state index contributed by atoms with van der Waals surface area (Å²) in [5, 5.41) is 10.2. The number of alkyl carbamates (subject to hydrolysis) is 1. The molecule has 0 atom stereocenters. The number of benzene rings is 2. The third-order valence-corrected chi connectivity index (χ3v) is 14.2. The summed E-state index contributed by atoms with van der Waals surface area (Å²) in [5.41, 5.74) is 0.429. The molecule has 7 heteroatoms. The number of carbonyl (C=O) groups is 1. The van der Waals surface area contributed by atoms with E-state index in [4.69, 9.17) is 13.7 Å². The molecule has 1 N–H and O–H groups in total. The van der Waals surface area contributed by atoms with Gasteiger partial charge in [0.2, 0.25) is 0 Å². The molecule has 0 radical (unpaired) electrons. The molecule has 1 aromatic heterocycles. The van der Waals surface area contributed by atoms with E-state index in [1.165, 1.54) is 10.4 Å². The van der Waals surface area contributed by atoms with Gasteiger partial charge in [-0.05, 0) is 68.3 Å². The average molecular weight is 559 g/mol. The largest absolute Gasteiger partial charge is 0.444 e. The molecule has 0 unspecified atom stereocenters. The number of hydrogen-bond donors (Lipinski definition) is 1. The van der Waals surface area contributed by atoms with Crippen molar-refractivity contribution in [1.82, 2.24) is 10.5 Å². The summed E-state index contributed by atoms with van der Waals surface area (Å²) >= 11 is 0. The lowest BCUT2D eigenvalue weighted by molar-refractivity contribution is -0.0920. The number of rotatable bonds is 7. The number of nitrogens with one attached hydrogen (secondary N) is 1. The number of nitrogens with zero attached hydrogens (tertiary/aromatic N) is 1. The first-order chi connectivity index (χ1) is 18.8. The van der Waals surface area contributed by atoms with Gasteiger partial charge in [0.15, 0.2) is 0 Å². The Morgan fingerprint density at radius 3 is 1.98 bits per heavy atom. The van der Waals surface area contributed by atoms with Gasteiger partial charge >= 0.3 is 6.09 Å². The van der Waals surface area contributed by atoms with Crippen LogP contribution in [0.4, 0.5) is 4.79 Å². The highest BCUT2D eigenvalue weighted by Crippen LogP contribution is 2.67. The third kappa shape index (κ3) is 4.61. The Morgan fingerprint density at radius 1 is 0.925 bits per heavy atom. The minimum absolute atomic E-state index is 0.0331. The van der Waals surface area contributed by atoms with E-state index in [1.54, 1.807) is 0 Å². The van der Waals surface area contributed by atoms with Crippen LogP contribution >= 0.6 is 0 Å². The Kier molecular flexibility index (Phi) is 6.35. The lowest BCUT2D eigenvalue weighted by atomic mass is 9.38. The highest BCUT2D eigenvalue weighted by atomic mass is 28.4. The summed E-state index contributed by atoms with van der Waals surface area (Å²) in [4.78, 5) is 12.3. The van der Waals surface area contributed by atoms with Crippen molar-refractivity contribution < 1.29 is 18.5 Å².